The van der Waals surface area contributed by atoms with Gasteiger partial charge < -0.3 is 4.74 Å². The lowest BCUT2D eigenvalue weighted by Gasteiger charge is -1.92. The second-order valence-electron chi connectivity index (χ2n) is 1.30. The van der Waals surface area contributed by atoms with Crippen LogP contribution >= 0.6 is 11.6 Å². The van der Waals surface area contributed by atoms with Crippen molar-refractivity contribution < 1.29 is 13.9 Å². The molecule has 52 valence electrons. The maximum Gasteiger partial charge on any atom is 0.302 e. The molecule has 0 aromatic rings. The van der Waals surface area contributed by atoms with E-state index in [2.05, 4.69) is 4.74 Å². The lowest BCUT2D eigenvalue weighted by Crippen LogP contribution is -1.97. The lowest BCUT2D eigenvalue weighted by molar-refractivity contribution is -0.139. The zero-order valence-electron chi connectivity index (χ0n) is 4.86. The normalized spacial score (nSPS) is 11.2. The minimum Gasteiger partial charge on any atom is -0.461 e. The molecule has 0 saturated heterocycles. The third-order valence-corrected chi connectivity index (χ3v) is 0.679. The molecule has 0 radical (unpaired) electrons. The maximum absolute atomic E-state index is 11.6. The van der Waals surface area contributed by atoms with E-state index < -0.39 is 11.3 Å². The summed E-state index contributed by atoms with van der Waals surface area (Å²) in [6.45, 7) is 1.13. The molecule has 0 aliphatic heterocycles. The van der Waals surface area contributed by atoms with Crippen molar-refractivity contribution >= 4 is 17.6 Å². The number of hydrogen-bond acceptors (Lipinski definition) is 2. The van der Waals surface area contributed by atoms with Crippen LogP contribution in [0.25, 0.3) is 0 Å². The second kappa shape index (κ2) is 4.32. The predicted molar refractivity (Wildman–Crippen MR) is 31.7 cm³/mol. The highest BCUT2D eigenvalue weighted by molar-refractivity contribution is 6.28. The quantitative estimate of drug-likeness (QED) is 0.562. The summed E-state index contributed by atoms with van der Waals surface area (Å²) in [6.07, 6.45) is 0.961. The van der Waals surface area contributed by atoms with Gasteiger partial charge in [0.15, 0.2) is 5.29 Å². The standard InChI is InChI=1S/C5H6ClFO2/c1-4(8)9-3-2-5(6)7/h2H,3H2,1H3. The summed E-state index contributed by atoms with van der Waals surface area (Å²) in [7, 11) is 0. The molecule has 0 amide bonds. The Labute approximate surface area is 57.3 Å². The van der Waals surface area contributed by atoms with Gasteiger partial charge in [0, 0.05) is 13.0 Å². The zero-order chi connectivity index (χ0) is 7.28. The van der Waals surface area contributed by atoms with Gasteiger partial charge >= 0.3 is 5.97 Å². The van der Waals surface area contributed by atoms with E-state index in [9.17, 15) is 9.18 Å². The van der Waals surface area contributed by atoms with E-state index in [0.29, 0.717) is 0 Å². The van der Waals surface area contributed by atoms with Gasteiger partial charge in [0.25, 0.3) is 0 Å². The number of halogens is 2. The molecule has 0 rings (SSSR count). The first kappa shape index (κ1) is 8.43. The Kier molecular flexibility index (Phi) is 4.05. The van der Waals surface area contributed by atoms with Gasteiger partial charge in [-0.2, -0.15) is 4.39 Å². The molecule has 0 aromatic carbocycles. The highest BCUT2D eigenvalue weighted by Gasteiger charge is 1.89. The van der Waals surface area contributed by atoms with Gasteiger partial charge in [-0.1, -0.05) is 11.6 Å². The average molecular weight is 153 g/mol. The highest BCUT2D eigenvalue weighted by Crippen LogP contribution is 1.99. The second-order valence-corrected chi connectivity index (χ2v) is 1.66. The summed E-state index contributed by atoms with van der Waals surface area (Å²) in [4.78, 5) is 10.0. The molecule has 0 N–H and O–H groups in total. The van der Waals surface area contributed by atoms with Gasteiger partial charge in [-0.15, -0.1) is 0 Å². The van der Waals surface area contributed by atoms with Crippen molar-refractivity contribution in [2.24, 2.45) is 0 Å². The van der Waals surface area contributed by atoms with Crippen LogP contribution in [0.5, 0.6) is 0 Å². The third kappa shape index (κ3) is 7.43. The monoisotopic (exact) mass is 152 g/mol. The van der Waals surface area contributed by atoms with Gasteiger partial charge in [-0.05, 0) is 0 Å². The van der Waals surface area contributed by atoms with Gasteiger partial charge in [0.1, 0.15) is 6.61 Å². The Balaban J connectivity index is 3.31. The van der Waals surface area contributed by atoms with E-state index in [4.69, 9.17) is 11.6 Å². The van der Waals surface area contributed by atoms with E-state index in [0.717, 1.165) is 6.08 Å². The smallest absolute Gasteiger partial charge is 0.302 e. The van der Waals surface area contributed by atoms with Gasteiger partial charge in [0.05, 0.1) is 0 Å². The maximum atomic E-state index is 11.6. The molecular weight excluding hydrogens is 147 g/mol. The van der Waals surface area contributed by atoms with E-state index in [1.807, 2.05) is 0 Å². The topological polar surface area (TPSA) is 26.3 Å². The molecule has 0 bridgehead atoms. The Morgan fingerprint density at radius 3 is 2.78 bits per heavy atom. The molecule has 0 spiro atoms. The Bertz CT molecular complexity index is 129. The van der Waals surface area contributed by atoms with Crippen LogP contribution in [0.15, 0.2) is 11.4 Å². The van der Waals surface area contributed by atoms with Crippen LogP contribution in [0.1, 0.15) is 6.92 Å². The molecule has 0 atom stereocenters. The Hall–Kier alpha value is -0.570. The van der Waals surface area contributed by atoms with Gasteiger partial charge in [-0.25, -0.2) is 0 Å². The van der Waals surface area contributed by atoms with Gasteiger partial charge in [-0.3, -0.25) is 4.79 Å². The molecular formula is C5H6ClFO2. The Morgan fingerprint density at radius 1 is 1.89 bits per heavy atom. The largest absolute Gasteiger partial charge is 0.461 e. The van der Waals surface area contributed by atoms with E-state index in [-0.39, 0.29) is 6.61 Å². The van der Waals surface area contributed by atoms with E-state index in [1.54, 1.807) is 0 Å². The lowest BCUT2D eigenvalue weighted by atomic mass is 10.7. The fourth-order valence-electron chi connectivity index (χ4n) is 0.222. The fraction of sp³-hybridized carbons (Fsp3) is 0.400. The van der Waals surface area contributed by atoms with Crippen molar-refractivity contribution in [2.75, 3.05) is 6.61 Å². The molecule has 0 aromatic heterocycles. The molecule has 9 heavy (non-hydrogen) atoms. The zero-order valence-corrected chi connectivity index (χ0v) is 5.61. The molecule has 0 saturated carbocycles. The molecule has 0 unspecified atom stereocenters. The predicted octanol–water partition coefficient (Wildman–Crippen LogP) is 1.60. The number of carbonyl (C=O) groups excluding carboxylic acids is 1. The molecule has 2 nitrogen and oxygen atoms in total. The van der Waals surface area contributed by atoms with Crippen molar-refractivity contribution in [3.05, 3.63) is 11.4 Å². The first-order chi connectivity index (χ1) is 4.13. The number of carbonyl (C=O) groups is 1. The van der Waals surface area contributed by atoms with Crippen molar-refractivity contribution in [1.29, 1.82) is 0 Å². The molecule has 4 heteroatoms. The summed E-state index contributed by atoms with van der Waals surface area (Å²) >= 11 is 4.76. The van der Waals surface area contributed by atoms with Crippen LogP contribution < -0.4 is 0 Å². The van der Waals surface area contributed by atoms with Crippen LogP contribution in [0.3, 0.4) is 0 Å². The summed E-state index contributed by atoms with van der Waals surface area (Å²) in [5.74, 6) is -0.454. The fourth-order valence-corrected chi connectivity index (χ4v) is 0.285. The minimum absolute atomic E-state index is 0.106. The summed E-state index contributed by atoms with van der Waals surface area (Å²) in [5.41, 5.74) is 0. The van der Waals surface area contributed by atoms with E-state index >= 15 is 0 Å². The first-order valence-electron chi connectivity index (χ1n) is 2.27. The van der Waals surface area contributed by atoms with Crippen LogP contribution in [0.2, 0.25) is 0 Å². The van der Waals surface area contributed by atoms with Crippen LogP contribution in [-0.2, 0) is 9.53 Å². The third-order valence-electron chi connectivity index (χ3n) is 0.524. The highest BCUT2D eigenvalue weighted by atomic mass is 35.5. The summed E-state index contributed by atoms with van der Waals surface area (Å²) < 4.78 is 15.9. The number of esters is 1. The summed E-state index contributed by atoms with van der Waals surface area (Å²) in [6, 6.07) is 0. The summed E-state index contributed by atoms with van der Waals surface area (Å²) in [5, 5.41) is -0.865. The van der Waals surface area contributed by atoms with Crippen molar-refractivity contribution in [3.63, 3.8) is 0 Å². The average Bonchev–Trinajstić information content (AvgIpc) is 1.63. The van der Waals surface area contributed by atoms with Crippen molar-refractivity contribution in [3.8, 4) is 0 Å². The van der Waals surface area contributed by atoms with Gasteiger partial charge in [0.2, 0.25) is 0 Å². The minimum atomic E-state index is -0.865. The number of hydrogen-bond donors (Lipinski definition) is 0. The SMILES string of the molecule is CC(=O)OCC=C(F)Cl. The Morgan fingerprint density at radius 2 is 2.44 bits per heavy atom. The van der Waals surface area contributed by atoms with Crippen molar-refractivity contribution in [1.82, 2.24) is 0 Å². The number of ether oxygens (including phenoxy) is 1. The molecule has 0 aliphatic carbocycles. The number of rotatable bonds is 2. The molecule has 0 fully saturated rings. The molecule has 0 aliphatic rings. The first-order valence-corrected chi connectivity index (χ1v) is 2.65. The van der Waals surface area contributed by atoms with E-state index in [1.165, 1.54) is 6.92 Å². The van der Waals surface area contributed by atoms with Crippen LogP contribution in [0.4, 0.5) is 4.39 Å². The molecule has 0 heterocycles. The van der Waals surface area contributed by atoms with Crippen LogP contribution in [-0.4, -0.2) is 12.6 Å². The van der Waals surface area contributed by atoms with Crippen molar-refractivity contribution in [2.45, 2.75) is 6.92 Å². The van der Waals surface area contributed by atoms with Crippen LogP contribution in [0, 0.1) is 0 Å².